The largest absolute Gasteiger partial charge is 0.365 e. The van der Waals surface area contributed by atoms with E-state index in [1.807, 2.05) is 0 Å². The molecule has 1 fully saturated rings. The number of anilines is 1. The second-order valence-electron chi connectivity index (χ2n) is 4.07. The van der Waals surface area contributed by atoms with Crippen molar-refractivity contribution in [1.29, 1.82) is 0 Å². The summed E-state index contributed by atoms with van der Waals surface area (Å²) in [7, 11) is 2.13. The van der Waals surface area contributed by atoms with E-state index in [9.17, 15) is 0 Å². The number of hydrogen-bond donors (Lipinski definition) is 1. The zero-order chi connectivity index (χ0) is 11.5. The van der Waals surface area contributed by atoms with Gasteiger partial charge in [0.2, 0.25) is 0 Å². The van der Waals surface area contributed by atoms with Crippen LogP contribution in [0.5, 0.6) is 0 Å². The number of nitrogens with one attached hydrogen (secondary N) is 1. The fourth-order valence-electron chi connectivity index (χ4n) is 1.93. The zero-order valence-corrected chi connectivity index (χ0v) is 11.4. The molecule has 6 heteroatoms. The van der Waals surface area contributed by atoms with Gasteiger partial charge in [0.1, 0.15) is 17.3 Å². The molecule has 1 aromatic rings. The van der Waals surface area contributed by atoms with Gasteiger partial charge in [-0.1, -0.05) is 11.6 Å². The van der Waals surface area contributed by atoms with Crippen LogP contribution >= 0.6 is 27.5 Å². The van der Waals surface area contributed by atoms with E-state index in [1.54, 1.807) is 0 Å². The van der Waals surface area contributed by atoms with Crippen LogP contribution in [0.25, 0.3) is 0 Å². The third-order valence-electron chi connectivity index (χ3n) is 2.71. The highest BCUT2D eigenvalue weighted by molar-refractivity contribution is 9.10. The predicted octanol–water partition coefficient (Wildman–Crippen LogP) is 2.40. The topological polar surface area (TPSA) is 41.0 Å². The van der Waals surface area contributed by atoms with Crippen LogP contribution in [-0.2, 0) is 0 Å². The minimum absolute atomic E-state index is 0.431. The number of hydrogen-bond acceptors (Lipinski definition) is 4. The van der Waals surface area contributed by atoms with Crippen molar-refractivity contribution in [2.75, 3.05) is 25.5 Å². The van der Waals surface area contributed by atoms with Crippen LogP contribution in [0.4, 0.5) is 5.82 Å². The van der Waals surface area contributed by atoms with Gasteiger partial charge >= 0.3 is 0 Å². The molecule has 0 spiro atoms. The molecule has 2 rings (SSSR count). The summed E-state index contributed by atoms with van der Waals surface area (Å²) in [6.07, 6.45) is 3.85. The number of nitrogens with zero attached hydrogens (tertiary/aromatic N) is 3. The number of likely N-dealkylation sites (tertiary alicyclic amines) is 1. The zero-order valence-electron chi connectivity index (χ0n) is 9.08. The van der Waals surface area contributed by atoms with E-state index in [0.717, 1.165) is 16.8 Å². The summed E-state index contributed by atoms with van der Waals surface area (Å²) in [6, 6.07) is 0.431. The maximum atomic E-state index is 5.91. The van der Waals surface area contributed by atoms with Crippen LogP contribution < -0.4 is 5.32 Å². The molecule has 16 heavy (non-hydrogen) atoms. The Kier molecular flexibility index (Phi) is 4.00. The molecule has 4 nitrogen and oxygen atoms in total. The molecule has 88 valence electrons. The summed E-state index contributed by atoms with van der Waals surface area (Å²) in [5, 5.41) is 3.84. The molecule has 1 aliphatic heterocycles. The first-order valence-corrected chi connectivity index (χ1v) is 6.45. The van der Waals surface area contributed by atoms with E-state index in [4.69, 9.17) is 11.6 Å². The quantitative estimate of drug-likeness (QED) is 0.852. The SMILES string of the molecule is CN1CCCC(Nc2ncnc(Cl)c2Br)C1. The van der Waals surface area contributed by atoms with Crippen molar-refractivity contribution in [2.45, 2.75) is 18.9 Å². The second kappa shape index (κ2) is 5.29. The van der Waals surface area contributed by atoms with Crippen molar-refractivity contribution in [1.82, 2.24) is 14.9 Å². The van der Waals surface area contributed by atoms with Crippen LogP contribution in [-0.4, -0.2) is 41.0 Å². The molecular weight excluding hydrogens is 291 g/mol. The maximum Gasteiger partial charge on any atom is 0.148 e. The fourth-order valence-corrected chi connectivity index (χ4v) is 2.38. The van der Waals surface area contributed by atoms with Crippen LogP contribution in [0.1, 0.15) is 12.8 Å². The first-order valence-electron chi connectivity index (χ1n) is 5.28. The van der Waals surface area contributed by atoms with Gasteiger partial charge in [-0.2, -0.15) is 0 Å². The lowest BCUT2D eigenvalue weighted by molar-refractivity contribution is 0.260. The van der Waals surface area contributed by atoms with Gasteiger partial charge in [0.05, 0.1) is 4.47 Å². The van der Waals surface area contributed by atoms with Gasteiger partial charge in [0.15, 0.2) is 0 Å². The molecule has 1 aromatic heterocycles. The molecule has 0 aliphatic carbocycles. The standard InChI is InChI=1S/C10H14BrClN4/c1-16-4-2-3-7(5-16)15-10-8(11)9(12)13-6-14-10/h6-7H,2-5H2,1H3,(H,13,14,15). The van der Waals surface area contributed by atoms with E-state index in [1.165, 1.54) is 25.7 Å². The molecule has 0 radical (unpaired) electrons. The van der Waals surface area contributed by atoms with Crippen molar-refractivity contribution < 1.29 is 0 Å². The Balaban J connectivity index is 2.05. The smallest absolute Gasteiger partial charge is 0.148 e. The maximum absolute atomic E-state index is 5.91. The number of halogens is 2. The van der Waals surface area contributed by atoms with Crippen molar-refractivity contribution >= 4 is 33.3 Å². The second-order valence-corrected chi connectivity index (χ2v) is 5.22. The Morgan fingerprint density at radius 3 is 3.12 bits per heavy atom. The number of likely N-dealkylation sites (N-methyl/N-ethyl adjacent to an activating group) is 1. The van der Waals surface area contributed by atoms with Crippen molar-refractivity contribution in [3.05, 3.63) is 16.0 Å². The highest BCUT2D eigenvalue weighted by Crippen LogP contribution is 2.27. The normalized spacial score (nSPS) is 22.1. The number of rotatable bonds is 2. The molecule has 0 aromatic carbocycles. The summed E-state index contributed by atoms with van der Waals surface area (Å²) in [4.78, 5) is 10.4. The molecule has 2 heterocycles. The van der Waals surface area contributed by atoms with Gasteiger partial charge in [0, 0.05) is 12.6 Å². The molecule has 1 saturated heterocycles. The van der Waals surface area contributed by atoms with E-state index in [2.05, 4.69) is 43.2 Å². The highest BCUT2D eigenvalue weighted by atomic mass is 79.9. The Labute approximate surface area is 109 Å². The average Bonchev–Trinajstić information content (AvgIpc) is 2.25. The highest BCUT2D eigenvalue weighted by Gasteiger charge is 2.18. The minimum Gasteiger partial charge on any atom is -0.365 e. The summed E-state index contributed by atoms with van der Waals surface area (Å²) in [5.41, 5.74) is 0. The third kappa shape index (κ3) is 2.84. The van der Waals surface area contributed by atoms with Crippen LogP contribution in [0.15, 0.2) is 10.8 Å². The number of piperidine rings is 1. The lowest BCUT2D eigenvalue weighted by Gasteiger charge is -2.30. The molecule has 0 amide bonds. The summed E-state index contributed by atoms with van der Waals surface area (Å²) in [6.45, 7) is 2.21. The molecule has 1 unspecified atom stereocenters. The van der Waals surface area contributed by atoms with E-state index in [-0.39, 0.29) is 0 Å². The third-order valence-corrected chi connectivity index (χ3v) is 3.98. The molecule has 1 atom stereocenters. The van der Waals surface area contributed by atoms with Gasteiger partial charge in [0.25, 0.3) is 0 Å². The fraction of sp³-hybridized carbons (Fsp3) is 0.600. The first kappa shape index (κ1) is 12.1. The van der Waals surface area contributed by atoms with Crippen molar-refractivity contribution in [2.24, 2.45) is 0 Å². The van der Waals surface area contributed by atoms with Gasteiger partial charge in [-0.3, -0.25) is 0 Å². The van der Waals surface area contributed by atoms with Gasteiger partial charge in [-0.25, -0.2) is 9.97 Å². The molecule has 0 bridgehead atoms. The Bertz CT molecular complexity index is 374. The molecular formula is C10H14BrClN4. The van der Waals surface area contributed by atoms with Crippen molar-refractivity contribution in [3.8, 4) is 0 Å². The van der Waals surface area contributed by atoms with Crippen molar-refractivity contribution in [3.63, 3.8) is 0 Å². The number of aromatic nitrogens is 2. The predicted molar refractivity (Wildman–Crippen MR) is 68.9 cm³/mol. The van der Waals surface area contributed by atoms with Gasteiger partial charge in [-0.05, 0) is 42.4 Å². The molecule has 1 N–H and O–H groups in total. The first-order chi connectivity index (χ1) is 7.66. The Hall–Kier alpha value is -0.390. The summed E-state index contributed by atoms with van der Waals surface area (Å²) < 4.78 is 0.741. The van der Waals surface area contributed by atoms with E-state index in [0.29, 0.717) is 11.2 Å². The molecule has 0 saturated carbocycles. The summed E-state index contributed by atoms with van der Waals surface area (Å²) in [5.74, 6) is 0.778. The summed E-state index contributed by atoms with van der Waals surface area (Å²) >= 11 is 9.30. The monoisotopic (exact) mass is 304 g/mol. The van der Waals surface area contributed by atoms with E-state index < -0.39 is 0 Å². The van der Waals surface area contributed by atoms with Gasteiger partial charge in [-0.15, -0.1) is 0 Å². The van der Waals surface area contributed by atoms with Crippen LogP contribution in [0, 0.1) is 0 Å². The van der Waals surface area contributed by atoms with Gasteiger partial charge < -0.3 is 10.2 Å². The minimum atomic E-state index is 0.431. The average molecular weight is 306 g/mol. The lowest BCUT2D eigenvalue weighted by Crippen LogP contribution is -2.40. The Morgan fingerprint density at radius 1 is 1.56 bits per heavy atom. The Morgan fingerprint density at radius 2 is 2.38 bits per heavy atom. The van der Waals surface area contributed by atoms with E-state index >= 15 is 0 Å². The lowest BCUT2D eigenvalue weighted by atomic mass is 10.1. The van der Waals surface area contributed by atoms with Crippen LogP contribution in [0.2, 0.25) is 5.15 Å². The molecule has 1 aliphatic rings. The van der Waals surface area contributed by atoms with Crippen LogP contribution in [0.3, 0.4) is 0 Å².